The third kappa shape index (κ3) is 4.26. The summed E-state index contributed by atoms with van der Waals surface area (Å²) in [5.41, 5.74) is 0.595. The van der Waals surface area contributed by atoms with Crippen LogP contribution in [-0.2, 0) is 4.74 Å². The predicted octanol–water partition coefficient (Wildman–Crippen LogP) is 3.72. The largest absolute Gasteiger partial charge is 0.496 e. The second-order valence-electron chi connectivity index (χ2n) is 4.51. The van der Waals surface area contributed by atoms with Gasteiger partial charge in [-0.05, 0) is 49.4 Å². The van der Waals surface area contributed by atoms with E-state index in [2.05, 4.69) is 0 Å². The molecular weight excluding hydrogens is 316 g/mol. The maximum atomic E-state index is 12.0. The second kappa shape index (κ2) is 7.69. The quantitative estimate of drug-likeness (QED) is 0.813. The fourth-order valence-electron chi connectivity index (χ4n) is 1.92. The van der Waals surface area contributed by atoms with Gasteiger partial charge in [-0.25, -0.2) is 9.59 Å². The first-order valence-electron chi connectivity index (χ1n) is 6.91. The number of ether oxygens (including phenoxy) is 2. The second-order valence-corrected chi connectivity index (χ2v) is 5.66. The summed E-state index contributed by atoms with van der Waals surface area (Å²) in [5, 5.41) is 8.90. The standard InChI is InChI=1S/C17H16O5S/c1-3-22-17(20)14-10-13(8-9-15(14)21-2)23-12-6-4-11(5-7-12)16(18)19/h4-10H,3H2,1-2H3,(H,18,19). The third-order valence-corrected chi connectivity index (χ3v) is 4.00. The number of carbonyl (C=O) groups is 2. The smallest absolute Gasteiger partial charge is 0.341 e. The molecule has 0 amide bonds. The van der Waals surface area contributed by atoms with Gasteiger partial charge in [0.1, 0.15) is 11.3 Å². The van der Waals surface area contributed by atoms with Crippen molar-refractivity contribution < 1.29 is 24.2 Å². The number of carboxylic acid groups (broad SMARTS) is 1. The first-order valence-corrected chi connectivity index (χ1v) is 7.73. The van der Waals surface area contributed by atoms with Crippen molar-refractivity contribution in [1.29, 1.82) is 0 Å². The monoisotopic (exact) mass is 332 g/mol. The summed E-state index contributed by atoms with van der Waals surface area (Å²) < 4.78 is 10.2. The number of carbonyl (C=O) groups excluding carboxylic acids is 1. The van der Waals surface area contributed by atoms with Crippen molar-refractivity contribution in [2.45, 2.75) is 16.7 Å². The van der Waals surface area contributed by atoms with Gasteiger partial charge in [0.15, 0.2) is 0 Å². The lowest BCUT2D eigenvalue weighted by Gasteiger charge is -2.10. The highest BCUT2D eigenvalue weighted by molar-refractivity contribution is 7.99. The molecule has 0 aliphatic heterocycles. The van der Waals surface area contributed by atoms with E-state index in [-0.39, 0.29) is 12.2 Å². The van der Waals surface area contributed by atoms with E-state index < -0.39 is 11.9 Å². The molecule has 2 aromatic carbocycles. The maximum Gasteiger partial charge on any atom is 0.341 e. The van der Waals surface area contributed by atoms with Gasteiger partial charge in [0.2, 0.25) is 0 Å². The minimum atomic E-state index is -0.962. The molecule has 0 fully saturated rings. The number of benzene rings is 2. The molecule has 0 radical (unpaired) electrons. The number of carboxylic acids is 1. The molecule has 23 heavy (non-hydrogen) atoms. The van der Waals surface area contributed by atoms with E-state index in [0.29, 0.717) is 11.3 Å². The van der Waals surface area contributed by atoms with Crippen molar-refractivity contribution in [3.63, 3.8) is 0 Å². The molecule has 0 heterocycles. The van der Waals surface area contributed by atoms with Crippen LogP contribution in [0.4, 0.5) is 0 Å². The fourth-order valence-corrected chi connectivity index (χ4v) is 2.78. The summed E-state index contributed by atoms with van der Waals surface area (Å²) in [5.74, 6) is -0.947. The van der Waals surface area contributed by atoms with Gasteiger partial charge in [-0.3, -0.25) is 0 Å². The van der Waals surface area contributed by atoms with Crippen molar-refractivity contribution in [2.24, 2.45) is 0 Å². The number of hydrogen-bond donors (Lipinski definition) is 1. The molecule has 2 aromatic rings. The highest BCUT2D eigenvalue weighted by Crippen LogP contribution is 2.31. The lowest BCUT2D eigenvalue weighted by Crippen LogP contribution is -2.06. The zero-order chi connectivity index (χ0) is 16.8. The summed E-state index contributed by atoms with van der Waals surface area (Å²) >= 11 is 1.42. The van der Waals surface area contributed by atoms with Crippen LogP contribution in [0.3, 0.4) is 0 Å². The van der Waals surface area contributed by atoms with Gasteiger partial charge < -0.3 is 14.6 Å². The van der Waals surface area contributed by atoms with Crippen molar-refractivity contribution in [3.8, 4) is 5.75 Å². The van der Waals surface area contributed by atoms with Gasteiger partial charge in [0.25, 0.3) is 0 Å². The molecule has 0 saturated heterocycles. The van der Waals surface area contributed by atoms with Gasteiger partial charge >= 0.3 is 11.9 Å². The van der Waals surface area contributed by atoms with Gasteiger partial charge in [0, 0.05) is 9.79 Å². The van der Waals surface area contributed by atoms with Crippen LogP contribution in [0.5, 0.6) is 5.75 Å². The molecule has 0 spiro atoms. The van der Waals surface area contributed by atoms with Crippen molar-refractivity contribution in [1.82, 2.24) is 0 Å². The normalized spacial score (nSPS) is 10.2. The van der Waals surface area contributed by atoms with Crippen molar-refractivity contribution >= 4 is 23.7 Å². The topological polar surface area (TPSA) is 72.8 Å². The average Bonchev–Trinajstić information content (AvgIpc) is 2.55. The molecule has 0 atom stereocenters. The molecule has 0 aliphatic rings. The molecule has 2 rings (SSSR count). The molecule has 6 heteroatoms. The van der Waals surface area contributed by atoms with E-state index in [1.165, 1.54) is 18.9 Å². The summed E-state index contributed by atoms with van der Waals surface area (Å²) in [6.45, 7) is 2.03. The molecule has 120 valence electrons. The summed E-state index contributed by atoms with van der Waals surface area (Å²) in [7, 11) is 1.50. The molecule has 0 bridgehead atoms. The van der Waals surface area contributed by atoms with Crippen LogP contribution in [0.15, 0.2) is 52.3 Å². The molecule has 0 aromatic heterocycles. The minimum Gasteiger partial charge on any atom is -0.496 e. The first-order chi connectivity index (χ1) is 11.0. The third-order valence-electron chi connectivity index (χ3n) is 3.00. The molecule has 0 unspecified atom stereocenters. The SMILES string of the molecule is CCOC(=O)c1cc(Sc2ccc(C(=O)O)cc2)ccc1OC. The number of aromatic carboxylic acids is 1. The van der Waals surface area contributed by atoms with E-state index in [1.807, 2.05) is 6.07 Å². The van der Waals surface area contributed by atoms with Crippen LogP contribution in [0.2, 0.25) is 0 Å². The zero-order valence-electron chi connectivity index (χ0n) is 12.7. The first kappa shape index (κ1) is 16.9. The Balaban J connectivity index is 2.24. The maximum absolute atomic E-state index is 12.0. The lowest BCUT2D eigenvalue weighted by molar-refractivity contribution is 0.0522. The van der Waals surface area contributed by atoms with Gasteiger partial charge in [-0.1, -0.05) is 11.8 Å². The van der Waals surface area contributed by atoms with E-state index >= 15 is 0 Å². The number of esters is 1. The Morgan fingerprint density at radius 1 is 1.09 bits per heavy atom. The Morgan fingerprint density at radius 2 is 1.74 bits per heavy atom. The van der Waals surface area contributed by atoms with Gasteiger partial charge in [-0.2, -0.15) is 0 Å². The Morgan fingerprint density at radius 3 is 2.30 bits per heavy atom. The van der Waals surface area contributed by atoms with Crippen molar-refractivity contribution in [2.75, 3.05) is 13.7 Å². The van der Waals surface area contributed by atoms with Crippen LogP contribution in [-0.4, -0.2) is 30.8 Å². The summed E-state index contributed by atoms with van der Waals surface area (Å²) in [4.78, 5) is 24.5. The van der Waals surface area contributed by atoms with Crippen LogP contribution in [0.25, 0.3) is 0 Å². The van der Waals surface area contributed by atoms with Crippen LogP contribution in [0, 0.1) is 0 Å². The zero-order valence-corrected chi connectivity index (χ0v) is 13.6. The predicted molar refractivity (Wildman–Crippen MR) is 86.5 cm³/mol. The number of methoxy groups -OCH3 is 1. The van der Waals surface area contributed by atoms with Gasteiger partial charge in [-0.15, -0.1) is 0 Å². The van der Waals surface area contributed by atoms with E-state index in [9.17, 15) is 9.59 Å². The Hall–Kier alpha value is -2.47. The number of rotatable bonds is 6. The molecule has 0 aliphatic carbocycles. The average molecular weight is 332 g/mol. The van der Waals surface area contributed by atoms with Crippen molar-refractivity contribution in [3.05, 3.63) is 53.6 Å². The molecule has 1 N–H and O–H groups in total. The fraction of sp³-hybridized carbons (Fsp3) is 0.176. The van der Waals surface area contributed by atoms with Gasteiger partial charge in [0.05, 0.1) is 19.3 Å². The summed E-state index contributed by atoms with van der Waals surface area (Å²) in [6.07, 6.45) is 0. The van der Waals surface area contributed by atoms with E-state index in [1.54, 1.807) is 43.3 Å². The number of hydrogen-bond acceptors (Lipinski definition) is 5. The van der Waals surface area contributed by atoms with Crippen LogP contribution >= 0.6 is 11.8 Å². The van der Waals surface area contributed by atoms with E-state index in [0.717, 1.165) is 9.79 Å². The van der Waals surface area contributed by atoms with Crippen LogP contribution in [0.1, 0.15) is 27.6 Å². The highest BCUT2D eigenvalue weighted by Gasteiger charge is 2.14. The highest BCUT2D eigenvalue weighted by atomic mass is 32.2. The Kier molecular flexibility index (Phi) is 5.65. The minimum absolute atomic E-state index is 0.233. The van der Waals surface area contributed by atoms with Crippen LogP contribution < -0.4 is 4.74 Å². The Bertz CT molecular complexity index is 709. The lowest BCUT2D eigenvalue weighted by atomic mass is 10.2. The van der Waals surface area contributed by atoms with E-state index in [4.69, 9.17) is 14.6 Å². The molecular formula is C17H16O5S. The molecule has 5 nitrogen and oxygen atoms in total. The summed E-state index contributed by atoms with van der Waals surface area (Å²) in [6, 6.07) is 11.8. The molecule has 0 saturated carbocycles. The Labute approximate surface area is 138 Å².